The van der Waals surface area contributed by atoms with Crippen molar-refractivity contribution in [1.82, 2.24) is 0 Å². The van der Waals surface area contributed by atoms with Crippen molar-refractivity contribution in [1.29, 1.82) is 0 Å². The third-order valence-corrected chi connectivity index (χ3v) is 0. The molecule has 0 radical (unpaired) electrons. The fourth-order valence-corrected chi connectivity index (χ4v) is 0. The Hall–Kier alpha value is 1.39. The van der Waals surface area contributed by atoms with Crippen molar-refractivity contribution in [2.45, 2.75) is 0 Å². The van der Waals surface area contributed by atoms with Crippen LogP contribution in [0.5, 0.6) is 0 Å². The van der Waals surface area contributed by atoms with Gasteiger partial charge in [0.1, 0.15) is 0 Å². The third-order valence-electron chi connectivity index (χ3n) is 0. The molecule has 0 aromatic carbocycles. The van der Waals surface area contributed by atoms with Crippen LogP contribution in [0.4, 0.5) is 0 Å². The van der Waals surface area contributed by atoms with Gasteiger partial charge in [0.2, 0.25) is 0 Å². The first kappa shape index (κ1) is 53.9. The van der Waals surface area contributed by atoms with Crippen molar-refractivity contribution < 1.29 is 55.7 Å². The molecule has 2 nitrogen and oxygen atoms in total. The summed E-state index contributed by atoms with van der Waals surface area (Å²) in [6.07, 6.45) is 0. The molecule has 0 atom stereocenters. The van der Waals surface area contributed by atoms with Crippen molar-refractivity contribution in [3.63, 3.8) is 0 Å². The molecule has 0 aliphatic rings. The van der Waals surface area contributed by atoms with Crippen LogP contribution in [0.1, 0.15) is 0 Å². The fourth-order valence-electron chi connectivity index (χ4n) is 0. The van der Waals surface area contributed by atoms with Crippen LogP contribution in [0.3, 0.4) is 0 Å². The molecule has 0 aliphatic heterocycles. The van der Waals surface area contributed by atoms with Crippen molar-refractivity contribution in [3.05, 3.63) is 0 Å². The summed E-state index contributed by atoms with van der Waals surface area (Å²) in [5.41, 5.74) is 0. The Bertz CT molecular complexity index is 6.00. The van der Waals surface area contributed by atoms with Gasteiger partial charge < -0.3 is 11.0 Å². The fraction of sp³-hybridized carbons (Fsp3) is 0. The summed E-state index contributed by atoms with van der Waals surface area (Å²) in [7, 11) is 0. The van der Waals surface area contributed by atoms with Crippen molar-refractivity contribution in [2.75, 3.05) is 0 Å². The molecule has 0 fully saturated rings. The summed E-state index contributed by atoms with van der Waals surface area (Å²) in [6, 6.07) is 0. The van der Waals surface area contributed by atoms with Crippen LogP contribution in [0.15, 0.2) is 0 Å². The van der Waals surface area contributed by atoms with Crippen LogP contribution in [-0.4, -0.2) is 0 Å². The maximum Gasteiger partial charge on any atom is 3.00 e. The molecular formula is LiO2Sc. The molecule has 0 unspecified atom stereocenters. The Morgan fingerprint density at radius 2 is 0.750 bits per heavy atom. The van der Waals surface area contributed by atoms with Gasteiger partial charge in [0, 0.05) is 0 Å². The number of rotatable bonds is 0. The average Bonchev–Trinajstić information content (AvgIpc) is 0. The van der Waals surface area contributed by atoms with Crippen molar-refractivity contribution in [2.24, 2.45) is 0 Å². The van der Waals surface area contributed by atoms with E-state index in [1.807, 2.05) is 0 Å². The Morgan fingerprint density at radius 3 is 0.750 bits per heavy atom. The smallest absolute Gasteiger partial charge is 2.00 e. The van der Waals surface area contributed by atoms with Gasteiger partial charge in [0.15, 0.2) is 0 Å². The van der Waals surface area contributed by atoms with E-state index in [9.17, 15) is 0 Å². The maximum atomic E-state index is 0. The van der Waals surface area contributed by atoms with Crippen molar-refractivity contribution in [3.8, 4) is 0 Å². The summed E-state index contributed by atoms with van der Waals surface area (Å²) in [4.78, 5) is 0. The van der Waals surface area contributed by atoms with Gasteiger partial charge in [-0.25, -0.2) is 0 Å². The zero-order valence-corrected chi connectivity index (χ0v) is 4.20. The topological polar surface area (TPSA) is 57.0 Å². The second-order valence-corrected chi connectivity index (χ2v) is 0. The normalized spacial score (nSPS) is 0. The van der Waals surface area contributed by atoms with Gasteiger partial charge in [-0.05, 0) is 0 Å². The van der Waals surface area contributed by atoms with Crippen LogP contribution in [0.2, 0.25) is 0 Å². The Labute approximate surface area is 55.5 Å². The number of hydrogen-bond acceptors (Lipinski definition) is 0. The molecule has 0 aromatic rings. The molecule has 0 saturated carbocycles. The van der Waals surface area contributed by atoms with Gasteiger partial charge in [-0.2, -0.15) is 0 Å². The van der Waals surface area contributed by atoms with E-state index in [0.717, 1.165) is 0 Å². The van der Waals surface area contributed by atoms with Gasteiger partial charge in [-0.15, -0.1) is 0 Å². The molecule has 0 aromatic heterocycles. The van der Waals surface area contributed by atoms with Gasteiger partial charge in [-0.1, -0.05) is 0 Å². The predicted molar refractivity (Wildman–Crippen MR) is 1.37 cm³/mol. The quantitative estimate of drug-likeness (QED) is 0.277. The summed E-state index contributed by atoms with van der Waals surface area (Å²) in [6.45, 7) is 0. The SMILES string of the molecule is [Li+].[O-2].[O-2].[Sc+3]. The van der Waals surface area contributed by atoms with E-state index in [4.69, 9.17) is 0 Å². The van der Waals surface area contributed by atoms with Crippen LogP contribution >= 0.6 is 0 Å². The summed E-state index contributed by atoms with van der Waals surface area (Å²) >= 11 is 0. The first-order valence-corrected chi connectivity index (χ1v) is 0. The first-order chi connectivity index (χ1) is 0. The Morgan fingerprint density at radius 1 is 0.750 bits per heavy atom. The second kappa shape index (κ2) is 26.2. The zero-order valence-electron chi connectivity index (χ0n) is 2.39. The van der Waals surface area contributed by atoms with Gasteiger partial charge in [-0.3, -0.25) is 0 Å². The zero-order chi connectivity index (χ0) is 0. The van der Waals surface area contributed by atoms with E-state index in [0.29, 0.717) is 0 Å². The van der Waals surface area contributed by atoms with Crippen molar-refractivity contribution >= 4 is 0 Å². The average molecular weight is 83.9 g/mol. The van der Waals surface area contributed by atoms with E-state index < -0.39 is 0 Å². The molecule has 0 amide bonds. The molecule has 4 heteroatoms. The molecule has 0 N–H and O–H groups in total. The monoisotopic (exact) mass is 84.0 g/mol. The second-order valence-electron chi connectivity index (χ2n) is 0. The maximum absolute atomic E-state index is 0. The van der Waals surface area contributed by atoms with E-state index in [-0.39, 0.29) is 55.7 Å². The molecule has 0 spiro atoms. The molecule has 4 heavy (non-hydrogen) atoms. The van der Waals surface area contributed by atoms with Gasteiger partial charge in [0.05, 0.1) is 0 Å². The third kappa shape index (κ3) is 10.0. The van der Waals surface area contributed by atoms with E-state index in [2.05, 4.69) is 0 Å². The largest absolute Gasteiger partial charge is 3.00 e. The molecule has 0 aliphatic carbocycles. The van der Waals surface area contributed by atoms with Gasteiger partial charge in [0.25, 0.3) is 0 Å². The van der Waals surface area contributed by atoms with Crippen LogP contribution in [0.25, 0.3) is 0 Å². The molecule has 0 bridgehead atoms. The van der Waals surface area contributed by atoms with Crippen LogP contribution in [-0.2, 0) is 36.8 Å². The van der Waals surface area contributed by atoms with Crippen LogP contribution in [0, 0.1) is 0 Å². The predicted octanol–water partition coefficient (Wildman–Crippen LogP) is -3.24. The summed E-state index contributed by atoms with van der Waals surface area (Å²) in [5.74, 6) is 0. The minimum atomic E-state index is 0. The Balaban J connectivity index is 0. The molecule has 16 valence electrons. The van der Waals surface area contributed by atoms with Gasteiger partial charge >= 0.3 is 44.7 Å². The molecule has 0 heterocycles. The minimum absolute atomic E-state index is 0. The first-order valence-electron chi connectivity index (χ1n) is 0. The molecule has 0 saturated heterocycles. The number of hydrogen-bond donors (Lipinski definition) is 0. The summed E-state index contributed by atoms with van der Waals surface area (Å²) in [5, 5.41) is 0. The molecular weight excluding hydrogens is 83.9 g/mol. The van der Waals surface area contributed by atoms with E-state index >= 15 is 0 Å². The minimum Gasteiger partial charge on any atom is -2.00 e. The standard InChI is InChI=1S/Li.2O.Sc/q+1;2*-2;+3. The van der Waals surface area contributed by atoms with E-state index in [1.165, 1.54) is 0 Å². The molecule has 0 rings (SSSR count). The summed E-state index contributed by atoms with van der Waals surface area (Å²) < 4.78 is 0. The van der Waals surface area contributed by atoms with E-state index in [1.54, 1.807) is 0 Å². The van der Waals surface area contributed by atoms with Crippen LogP contribution < -0.4 is 18.9 Å². The Kier molecular flexibility index (Phi) is 352.